The van der Waals surface area contributed by atoms with Gasteiger partial charge in [0.25, 0.3) is 0 Å². The van der Waals surface area contributed by atoms with E-state index < -0.39 is 0 Å². The van der Waals surface area contributed by atoms with Gasteiger partial charge in [-0.15, -0.1) is 0 Å². The SMILES string of the molecule is Clc1ccc(Br)c(N2CCCC(NC3CC3)C2)c1. The molecule has 4 heteroatoms. The number of hydrogen-bond donors (Lipinski definition) is 1. The van der Waals surface area contributed by atoms with E-state index in [1.807, 2.05) is 12.1 Å². The molecule has 1 aromatic rings. The van der Waals surface area contributed by atoms with E-state index in [0.29, 0.717) is 6.04 Å². The van der Waals surface area contributed by atoms with E-state index in [1.54, 1.807) is 0 Å². The van der Waals surface area contributed by atoms with Crippen molar-refractivity contribution in [3.63, 3.8) is 0 Å². The van der Waals surface area contributed by atoms with Gasteiger partial charge in [0, 0.05) is 34.7 Å². The van der Waals surface area contributed by atoms with Gasteiger partial charge in [-0.25, -0.2) is 0 Å². The quantitative estimate of drug-likeness (QED) is 0.907. The zero-order chi connectivity index (χ0) is 12.5. The zero-order valence-electron chi connectivity index (χ0n) is 10.3. The van der Waals surface area contributed by atoms with Gasteiger partial charge in [-0.2, -0.15) is 0 Å². The predicted molar refractivity (Wildman–Crippen MR) is 80.5 cm³/mol. The molecule has 18 heavy (non-hydrogen) atoms. The topological polar surface area (TPSA) is 15.3 Å². The minimum atomic E-state index is 0.636. The lowest BCUT2D eigenvalue weighted by Crippen LogP contribution is -2.46. The van der Waals surface area contributed by atoms with Crippen LogP contribution in [-0.2, 0) is 0 Å². The Kier molecular flexibility index (Phi) is 3.83. The summed E-state index contributed by atoms with van der Waals surface area (Å²) >= 11 is 9.73. The lowest BCUT2D eigenvalue weighted by molar-refractivity contribution is 0.420. The van der Waals surface area contributed by atoms with E-state index in [-0.39, 0.29) is 0 Å². The molecule has 1 atom stereocenters. The number of halogens is 2. The molecule has 1 aromatic carbocycles. The fourth-order valence-corrected chi connectivity index (χ4v) is 3.31. The molecule has 2 fully saturated rings. The van der Waals surface area contributed by atoms with Crippen molar-refractivity contribution in [3.8, 4) is 0 Å². The molecule has 1 aliphatic heterocycles. The van der Waals surface area contributed by atoms with Crippen molar-refractivity contribution in [1.82, 2.24) is 5.32 Å². The predicted octanol–water partition coefficient (Wildman–Crippen LogP) is 3.82. The first-order chi connectivity index (χ1) is 8.72. The Labute approximate surface area is 122 Å². The van der Waals surface area contributed by atoms with Crippen molar-refractivity contribution in [2.24, 2.45) is 0 Å². The second kappa shape index (κ2) is 5.40. The minimum Gasteiger partial charge on any atom is -0.369 e. The first-order valence-electron chi connectivity index (χ1n) is 6.68. The first kappa shape index (κ1) is 12.8. The summed E-state index contributed by atoms with van der Waals surface area (Å²) in [5, 5.41) is 4.55. The molecule has 98 valence electrons. The lowest BCUT2D eigenvalue weighted by atomic mass is 10.0. The monoisotopic (exact) mass is 328 g/mol. The average Bonchev–Trinajstić information content (AvgIpc) is 3.16. The largest absolute Gasteiger partial charge is 0.369 e. The van der Waals surface area contributed by atoms with Crippen LogP contribution in [0.3, 0.4) is 0 Å². The average molecular weight is 330 g/mol. The highest BCUT2D eigenvalue weighted by Crippen LogP contribution is 2.32. The number of rotatable bonds is 3. The molecule has 1 aliphatic carbocycles. The molecule has 1 unspecified atom stereocenters. The molecule has 1 heterocycles. The number of benzene rings is 1. The Morgan fingerprint density at radius 2 is 2.06 bits per heavy atom. The van der Waals surface area contributed by atoms with E-state index in [4.69, 9.17) is 11.6 Å². The molecule has 1 saturated heterocycles. The van der Waals surface area contributed by atoms with Crippen molar-refractivity contribution >= 4 is 33.2 Å². The highest BCUT2D eigenvalue weighted by molar-refractivity contribution is 9.10. The minimum absolute atomic E-state index is 0.636. The van der Waals surface area contributed by atoms with Gasteiger partial charge in [-0.1, -0.05) is 11.6 Å². The van der Waals surface area contributed by atoms with Crippen LogP contribution in [0.2, 0.25) is 5.02 Å². The lowest BCUT2D eigenvalue weighted by Gasteiger charge is -2.35. The maximum Gasteiger partial charge on any atom is 0.0526 e. The Morgan fingerprint density at radius 3 is 2.83 bits per heavy atom. The molecule has 0 amide bonds. The number of nitrogens with one attached hydrogen (secondary N) is 1. The summed E-state index contributed by atoms with van der Waals surface area (Å²) in [5.41, 5.74) is 1.23. The molecule has 2 nitrogen and oxygen atoms in total. The van der Waals surface area contributed by atoms with Gasteiger partial charge in [0.1, 0.15) is 0 Å². The van der Waals surface area contributed by atoms with E-state index >= 15 is 0 Å². The molecule has 1 saturated carbocycles. The molecule has 1 N–H and O–H groups in total. The summed E-state index contributed by atoms with van der Waals surface area (Å²) in [7, 11) is 0. The molecule has 0 bridgehead atoms. The van der Waals surface area contributed by atoms with Crippen LogP contribution >= 0.6 is 27.5 Å². The Hall–Kier alpha value is -0.250. The van der Waals surface area contributed by atoms with Crippen LogP contribution in [0.25, 0.3) is 0 Å². The third-order valence-electron chi connectivity index (χ3n) is 3.72. The molecular weight excluding hydrogens is 312 g/mol. The summed E-state index contributed by atoms with van der Waals surface area (Å²) in [4.78, 5) is 2.44. The molecular formula is C14H18BrClN2. The van der Waals surface area contributed by atoms with Gasteiger partial charge in [-0.05, 0) is 59.8 Å². The number of nitrogens with zero attached hydrogens (tertiary/aromatic N) is 1. The Morgan fingerprint density at radius 1 is 1.22 bits per heavy atom. The van der Waals surface area contributed by atoms with Gasteiger partial charge >= 0.3 is 0 Å². The van der Waals surface area contributed by atoms with Crippen LogP contribution in [0, 0.1) is 0 Å². The standard InChI is InChI=1S/C14H18BrClN2/c15-13-6-3-10(16)8-14(13)18-7-1-2-12(9-18)17-11-4-5-11/h3,6,8,11-12,17H,1-2,4-5,7,9H2. The zero-order valence-corrected chi connectivity index (χ0v) is 12.7. The van der Waals surface area contributed by atoms with E-state index in [2.05, 4.69) is 32.2 Å². The van der Waals surface area contributed by atoms with Gasteiger partial charge in [0.15, 0.2) is 0 Å². The van der Waals surface area contributed by atoms with Crippen molar-refractivity contribution < 1.29 is 0 Å². The van der Waals surface area contributed by atoms with E-state index in [0.717, 1.165) is 28.6 Å². The molecule has 3 rings (SSSR count). The summed E-state index contributed by atoms with van der Waals surface area (Å²) in [5.74, 6) is 0. The smallest absolute Gasteiger partial charge is 0.0526 e. The molecule has 2 aliphatic rings. The Bertz CT molecular complexity index is 434. The Balaban J connectivity index is 1.72. The summed E-state index contributed by atoms with van der Waals surface area (Å²) in [6.07, 6.45) is 5.27. The second-order valence-corrected chi connectivity index (χ2v) is 6.61. The van der Waals surface area contributed by atoms with Crippen LogP contribution in [0.5, 0.6) is 0 Å². The third kappa shape index (κ3) is 3.01. The maximum atomic E-state index is 6.10. The number of piperidine rings is 1. The third-order valence-corrected chi connectivity index (χ3v) is 4.62. The van der Waals surface area contributed by atoms with E-state index in [1.165, 1.54) is 31.4 Å². The first-order valence-corrected chi connectivity index (χ1v) is 7.85. The van der Waals surface area contributed by atoms with Crippen molar-refractivity contribution in [2.45, 2.75) is 37.8 Å². The fraction of sp³-hybridized carbons (Fsp3) is 0.571. The second-order valence-electron chi connectivity index (χ2n) is 5.32. The van der Waals surface area contributed by atoms with Crippen LogP contribution in [-0.4, -0.2) is 25.2 Å². The molecule has 0 spiro atoms. The van der Waals surface area contributed by atoms with Gasteiger partial charge in [-0.3, -0.25) is 0 Å². The fourth-order valence-electron chi connectivity index (χ4n) is 2.64. The van der Waals surface area contributed by atoms with Gasteiger partial charge < -0.3 is 10.2 Å². The van der Waals surface area contributed by atoms with Crippen molar-refractivity contribution in [1.29, 1.82) is 0 Å². The number of anilines is 1. The normalized spacial score (nSPS) is 24.3. The van der Waals surface area contributed by atoms with Crippen LogP contribution < -0.4 is 10.2 Å². The summed E-state index contributed by atoms with van der Waals surface area (Å²) in [6, 6.07) is 7.45. The molecule has 0 aromatic heterocycles. The van der Waals surface area contributed by atoms with Gasteiger partial charge in [0.2, 0.25) is 0 Å². The van der Waals surface area contributed by atoms with Crippen LogP contribution in [0.4, 0.5) is 5.69 Å². The van der Waals surface area contributed by atoms with Crippen molar-refractivity contribution in [3.05, 3.63) is 27.7 Å². The van der Waals surface area contributed by atoms with Gasteiger partial charge in [0.05, 0.1) is 5.69 Å². The van der Waals surface area contributed by atoms with E-state index in [9.17, 15) is 0 Å². The summed E-state index contributed by atoms with van der Waals surface area (Å²) < 4.78 is 1.14. The van der Waals surface area contributed by atoms with Crippen LogP contribution in [0.15, 0.2) is 22.7 Å². The highest BCUT2D eigenvalue weighted by Gasteiger charge is 2.28. The summed E-state index contributed by atoms with van der Waals surface area (Å²) in [6.45, 7) is 2.22. The van der Waals surface area contributed by atoms with Crippen LogP contribution in [0.1, 0.15) is 25.7 Å². The number of hydrogen-bond acceptors (Lipinski definition) is 2. The molecule has 0 radical (unpaired) electrons. The van der Waals surface area contributed by atoms with Crippen molar-refractivity contribution in [2.75, 3.05) is 18.0 Å². The maximum absolute atomic E-state index is 6.10. The highest BCUT2D eigenvalue weighted by atomic mass is 79.9.